The van der Waals surface area contributed by atoms with Crippen molar-refractivity contribution < 1.29 is 9.53 Å². The molecule has 1 aromatic rings. The zero-order valence-corrected chi connectivity index (χ0v) is 13.9. The van der Waals surface area contributed by atoms with E-state index in [1.807, 2.05) is 24.3 Å². The van der Waals surface area contributed by atoms with Crippen LogP contribution in [0.15, 0.2) is 24.3 Å². The number of benzene rings is 1. The van der Waals surface area contributed by atoms with Gasteiger partial charge in [-0.2, -0.15) is 0 Å². The van der Waals surface area contributed by atoms with Crippen LogP contribution in [0.2, 0.25) is 0 Å². The van der Waals surface area contributed by atoms with Crippen molar-refractivity contribution in [3.63, 3.8) is 0 Å². The number of hydrogen-bond donors (Lipinski definition) is 0. The number of rotatable bonds is 11. The maximum atomic E-state index is 10.9. The number of unbranched alkanes of at least 4 members (excludes halogenated alkanes) is 5. The van der Waals surface area contributed by atoms with Gasteiger partial charge in [0.15, 0.2) is 0 Å². The molecule has 0 aliphatic rings. The van der Waals surface area contributed by atoms with Crippen LogP contribution in [-0.2, 0) is 4.79 Å². The molecule has 0 saturated carbocycles. The van der Waals surface area contributed by atoms with Crippen LogP contribution < -0.4 is 4.74 Å². The van der Waals surface area contributed by atoms with Gasteiger partial charge in [0.2, 0.25) is 0 Å². The van der Waals surface area contributed by atoms with Gasteiger partial charge in [0.25, 0.3) is 0 Å². The highest BCUT2D eigenvalue weighted by atomic mass is 79.9. The summed E-state index contributed by atoms with van der Waals surface area (Å²) in [6.07, 6.45) is 8.61. The van der Waals surface area contributed by atoms with E-state index in [0.717, 1.165) is 30.6 Å². The van der Waals surface area contributed by atoms with Crippen molar-refractivity contribution in [1.82, 2.24) is 0 Å². The number of ether oxygens (including phenoxy) is 1. The summed E-state index contributed by atoms with van der Waals surface area (Å²) in [6.45, 7) is 3.01. The molecule has 2 nitrogen and oxygen atoms in total. The van der Waals surface area contributed by atoms with Crippen LogP contribution in [0.25, 0.3) is 0 Å². The van der Waals surface area contributed by atoms with Crippen molar-refractivity contribution in [1.29, 1.82) is 0 Å². The third-order valence-electron chi connectivity index (χ3n) is 3.41. The minimum absolute atomic E-state index is 0.0670. The minimum atomic E-state index is -0.0670. The van der Waals surface area contributed by atoms with Gasteiger partial charge < -0.3 is 9.53 Å². The fraction of sp³-hybridized carbons (Fsp3) is 0.588. The van der Waals surface area contributed by atoms with Gasteiger partial charge >= 0.3 is 0 Å². The molecular formula is C17H25BrO2. The predicted molar refractivity (Wildman–Crippen MR) is 87.9 cm³/mol. The number of carbonyl (C=O) groups excluding carboxylic acids is 1. The van der Waals surface area contributed by atoms with Crippen molar-refractivity contribution >= 4 is 22.2 Å². The van der Waals surface area contributed by atoms with Crippen molar-refractivity contribution in [2.75, 3.05) is 11.9 Å². The summed E-state index contributed by atoms with van der Waals surface area (Å²) in [6, 6.07) is 7.84. The average Bonchev–Trinajstić information content (AvgIpc) is 2.49. The molecule has 1 aromatic carbocycles. The Morgan fingerprint density at radius 1 is 1.10 bits per heavy atom. The lowest BCUT2D eigenvalue weighted by molar-refractivity contribution is -0.108. The van der Waals surface area contributed by atoms with E-state index in [4.69, 9.17) is 4.74 Å². The average molecular weight is 341 g/mol. The Kier molecular flexibility index (Phi) is 9.38. The van der Waals surface area contributed by atoms with Gasteiger partial charge in [0, 0.05) is 11.2 Å². The lowest BCUT2D eigenvalue weighted by Crippen LogP contribution is -2.02. The predicted octanol–water partition coefficient (Wildman–Crippen LogP) is 5.10. The van der Waals surface area contributed by atoms with Gasteiger partial charge in [0.05, 0.1) is 6.61 Å². The van der Waals surface area contributed by atoms with Crippen LogP contribution in [0.1, 0.15) is 56.9 Å². The molecule has 20 heavy (non-hydrogen) atoms. The third-order valence-corrected chi connectivity index (χ3v) is 4.10. The summed E-state index contributed by atoms with van der Waals surface area (Å²) in [7, 11) is 0. The topological polar surface area (TPSA) is 26.3 Å². The number of alkyl halides is 1. The zero-order chi connectivity index (χ0) is 14.6. The van der Waals surface area contributed by atoms with Gasteiger partial charge in [-0.3, -0.25) is 0 Å². The Morgan fingerprint density at radius 2 is 1.75 bits per heavy atom. The van der Waals surface area contributed by atoms with Crippen molar-refractivity contribution in [2.45, 2.75) is 51.4 Å². The molecule has 0 radical (unpaired) electrons. The molecule has 0 fully saturated rings. The van der Waals surface area contributed by atoms with Crippen LogP contribution in [0, 0.1) is 0 Å². The fourth-order valence-corrected chi connectivity index (χ4v) is 2.61. The molecule has 0 aliphatic carbocycles. The maximum Gasteiger partial charge on any atom is 0.128 e. The molecule has 0 aliphatic heterocycles. The van der Waals surface area contributed by atoms with Gasteiger partial charge in [0.1, 0.15) is 12.0 Å². The van der Waals surface area contributed by atoms with E-state index in [0.29, 0.717) is 5.33 Å². The van der Waals surface area contributed by atoms with Gasteiger partial charge in [-0.15, -0.1) is 0 Å². The highest BCUT2D eigenvalue weighted by Crippen LogP contribution is 2.20. The summed E-state index contributed by atoms with van der Waals surface area (Å²) in [4.78, 5) is 10.9. The number of carbonyl (C=O) groups is 1. The molecule has 0 heterocycles. The fourth-order valence-electron chi connectivity index (χ4n) is 2.09. The Morgan fingerprint density at radius 3 is 2.35 bits per heavy atom. The monoisotopic (exact) mass is 340 g/mol. The first-order valence-electron chi connectivity index (χ1n) is 7.55. The van der Waals surface area contributed by atoms with E-state index in [2.05, 4.69) is 22.9 Å². The zero-order valence-electron chi connectivity index (χ0n) is 12.3. The molecule has 112 valence electrons. The van der Waals surface area contributed by atoms with E-state index < -0.39 is 0 Å². The third kappa shape index (κ3) is 6.56. The molecule has 1 unspecified atom stereocenters. The molecule has 0 bridgehead atoms. The SMILES string of the molecule is CCCCCCCCOc1ccc(C(C=O)CBr)cc1. The lowest BCUT2D eigenvalue weighted by Gasteiger charge is -2.09. The van der Waals surface area contributed by atoms with Gasteiger partial charge in [-0.1, -0.05) is 67.1 Å². The molecule has 0 N–H and O–H groups in total. The molecule has 1 atom stereocenters. The summed E-state index contributed by atoms with van der Waals surface area (Å²) in [5.41, 5.74) is 1.03. The Hall–Kier alpha value is -0.830. The maximum absolute atomic E-state index is 10.9. The molecule has 0 aromatic heterocycles. The van der Waals surface area contributed by atoms with Crippen LogP contribution in [0.4, 0.5) is 0 Å². The largest absolute Gasteiger partial charge is 0.494 e. The van der Waals surface area contributed by atoms with Crippen LogP contribution >= 0.6 is 15.9 Å². The molecule has 0 saturated heterocycles. The number of hydrogen-bond acceptors (Lipinski definition) is 2. The summed E-state index contributed by atoms with van der Waals surface area (Å²) in [5, 5.41) is 0.661. The quantitative estimate of drug-likeness (QED) is 0.318. The summed E-state index contributed by atoms with van der Waals surface area (Å²) in [5.74, 6) is 0.823. The van der Waals surface area contributed by atoms with Crippen molar-refractivity contribution in [3.05, 3.63) is 29.8 Å². The van der Waals surface area contributed by atoms with Gasteiger partial charge in [-0.05, 0) is 24.1 Å². The van der Waals surface area contributed by atoms with E-state index in [-0.39, 0.29) is 5.92 Å². The number of aldehydes is 1. The van der Waals surface area contributed by atoms with Crippen molar-refractivity contribution in [3.8, 4) is 5.75 Å². The second kappa shape index (κ2) is 10.9. The summed E-state index contributed by atoms with van der Waals surface area (Å²) >= 11 is 3.35. The van der Waals surface area contributed by atoms with Crippen LogP contribution in [0.3, 0.4) is 0 Å². The molecule has 0 amide bonds. The van der Waals surface area contributed by atoms with E-state index in [1.165, 1.54) is 32.1 Å². The first-order valence-corrected chi connectivity index (χ1v) is 8.68. The van der Waals surface area contributed by atoms with E-state index in [1.54, 1.807) is 0 Å². The van der Waals surface area contributed by atoms with E-state index in [9.17, 15) is 4.79 Å². The Bertz CT molecular complexity index is 362. The number of halogens is 1. The van der Waals surface area contributed by atoms with Crippen molar-refractivity contribution in [2.24, 2.45) is 0 Å². The smallest absolute Gasteiger partial charge is 0.128 e. The van der Waals surface area contributed by atoms with Crippen LogP contribution in [0.5, 0.6) is 5.75 Å². The first kappa shape index (κ1) is 17.2. The second-order valence-corrected chi connectivity index (χ2v) is 5.73. The highest BCUT2D eigenvalue weighted by Gasteiger charge is 2.08. The van der Waals surface area contributed by atoms with E-state index >= 15 is 0 Å². The second-order valence-electron chi connectivity index (χ2n) is 5.08. The Labute approximate surface area is 131 Å². The molecule has 3 heteroatoms. The van der Waals surface area contributed by atoms with Gasteiger partial charge in [-0.25, -0.2) is 0 Å². The summed E-state index contributed by atoms with van der Waals surface area (Å²) < 4.78 is 5.71. The standard InChI is InChI=1S/C17H25BrO2/c1-2-3-4-5-6-7-12-20-17-10-8-15(9-11-17)16(13-18)14-19/h8-11,14,16H,2-7,12-13H2,1H3. The molecule has 0 spiro atoms. The lowest BCUT2D eigenvalue weighted by atomic mass is 10.0. The van der Waals surface area contributed by atoms with Crippen LogP contribution in [-0.4, -0.2) is 18.2 Å². The first-order chi connectivity index (χ1) is 9.81. The highest BCUT2D eigenvalue weighted by molar-refractivity contribution is 9.09. The molecule has 1 rings (SSSR count). The normalized spacial score (nSPS) is 12.1. The minimum Gasteiger partial charge on any atom is -0.494 e. The Balaban J connectivity index is 2.23. The molecular weight excluding hydrogens is 316 g/mol.